The fourth-order valence-corrected chi connectivity index (χ4v) is 2.39. The largest absolute Gasteiger partial charge is 0.508 e. The molecule has 3 heteroatoms. The van der Waals surface area contributed by atoms with Crippen molar-refractivity contribution in [3.63, 3.8) is 0 Å². The number of rotatable bonds is 1. The lowest BCUT2D eigenvalue weighted by atomic mass is 9.88. The molecular weight excluding hydrogens is 190 g/mol. The van der Waals surface area contributed by atoms with Crippen LogP contribution in [-0.2, 0) is 5.54 Å². The van der Waals surface area contributed by atoms with E-state index in [1.807, 2.05) is 19.1 Å². The maximum atomic E-state index is 9.92. The molecule has 2 unspecified atom stereocenters. The molecule has 0 heterocycles. The summed E-state index contributed by atoms with van der Waals surface area (Å²) >= 11 is 0. The molecule has 1 aromatic rings. The lowest BCUT2D eigenvalue weighted by molar-refractivity contribution is 0.0611. The number of phenolic OH excluding ortho intramolecular Hbond substituents is 1. The SMILES string of the molecule is CC1(O)CCC(N)(c2ccc(O)cc2)C1. The number of phenols is 1. The van der Waals surface area contributed by atoms with Crippen LogP contribution in [0.15, 0.2) is 24.3 Å². The summed E-state index contributed by atoms with van der Waals surface area (Å²) in [5, 5.41) is 19.1. The van der Waals surface area contributed by atoms with Gasteiger partial charge >= 0.3 is 0 Å². The van der Waals surface area contributed by atoms with Gasteiger partial charge < -0.3 is 15.9 Å². The molecule has 0 bridgehead atoms. The van der Waals surface area contributed by atoms with Gasteiger partial charge in [0.1, 0.15) is 5.75 Å². The molecule has 0 aromatic heterocycles. The summed E-state index contributed by atoms with van der Waals surface area (Å²) in [6, 6.07) is 6.93. The third-order valence-corrected chi connectivity index (χ3v) is 3.25. The average Bonchev–Trinajstić information content (AvgIpc) is 2.43. The standard InChI is InChI=1S/C12H17NO2/c1-11(15)6-7-12(13,8-11)9-2-4-10(14)5-3-9/h2-5,14-15H,6-8,13H2,1H3. The smallest absolute Gasteiger partial charge is 0.115 e. The van der Waals surface area contributed by atoms with Crippen LogP contribution < -0.4 is 5.73 Å². The van der Waals surface area contributed by atoms with E-state index in [-0.39, 0.29) is 5.75 Å². The van der Waals surface area contributed by atoms with Gasteiger partial charge in [-0.25, -0.2) is 0 Å². The summed E-state index contributed by atoms with van der Waals surface area (Å²) in [7, 11) is 0. The predicted octanol–water partition coefficient (Wildman–Crippen LogP) is 1.48. The molecule has 2 atom stereocenters. The third-order valence-electron chi connectivity index (χ3n) is 3.25. The van der Waals surface area contributed by atoms with Gasteiger partial charge in [-0.05, 0) is 43.9 Å². The fourth-order valence-electron chi connectivity index (χ4n) is 2.39. The van der Waals surface area contributed by atoms with Crippen molar-refractivity contribution in [2.45, 2.75) is 37.3 Å². The number of hydrogen-bond acceptors (Lipinski definition) is 3. The van der Waals surface area contributed by atoms with E-state index in [9.17, 15) is 10.2 Å². The first-order valence-electron chi connectivity index (χ1n) is 5.22. The van der Waals surface area contributed by atoms with E-state index in [4.69, 9.17) is 5.73 Å². The van der Waals surface area contributed by atoms with Crippen LogP contribution in [-0.4, -0.2) is 15.8 Å². The maximum absolute atomic E-state index is 9.92. The first-order valence-corrected chi connectivity index (χ1v) is 5.22. The molecule has 0 saturated heterocycles. The van der Waals surface area contributed by atoms with E-state index in [0.29, 0.717) is 6.42 Å². The third kappa shape index (κ3) is 1.98. The second kappa shape index (κ2) is 3.22. The zero-order valence-corrected chi connectivity index (χ0v) is 8.90. The Kier molecular flexibility index (Phi) is 2.24. The van der Waals surface area contributed by atoms with Gasteiger partial charge in [-0.3, -0.25) is 0 Å². The first kappa shape index (κ1) is 10.5. The Bertz CT molecular complexity index is 358. The van der Waals surface area contributed by atoms with Crippen LogP contribution in [0.2, 0.25) is 0 Å². The summed E-state index contributed by atoms with van der Waals surface area (Å²) in [5.74, 6) is 0.243. The van der Waals surface area contributed by atoms with E-state index < -0.39 is 11.1 Å². The molecule has 1 aliphatic rings. The van der Waals surface area contributed by atoms with Crippen LogP contribution >= 0.6 is 0 Å². The number of hydrogen-bond donors (Lipinski definition) is 3. The van der Waals surface area contributed by atoms with Gasteiger partial charge in [-0.1, -0.05) is 12.1 Å². The van der Waals surface area contributed by atoms with Gasteiger partial charge in [0, 0.05) is 5.54 Å². The molecule has 0 radical (unpaired) electrons. The minimum absolute atomic E-state index is 0.243. The molecule has 15 heavy (non-hydrogen) atoms. The summed E-state index contributed by atoms with van der Waals surface area (Å²) in [6.45, 7) is 1.82. The van der Waals surface area contributed by atoms with Crippen molar-refractivity contribution in [2.75, 3.05) is 0 Å². The van der Waals surface area contributed by atoms with Crippen molar-refractivity contribution >= 4 is 0 Å². The van der Waals surface area contributed by atoms with Gasteiger partial charge in [-0.2, -0.15) is 0 Å². The van der Waals surface area contributed by atoms with Gasteiger partial charge in [0.05, 0.1) is 5.60 Å². The van der Waals surface area contributed by atoms with E-state index in [1.165, 1.54) is 0 Å². The Balaban J connectivity index is 2.27. The van der Waals surface area contributed by atoms with Crippen LogP contribution in [0.1, 0.15) is 31.7 Å². The first-order chi connectivity index (χ1) is 6.91. The van der Waals surface area contributed by atoms with E-state index >= 15 is 0 Å². The highest BCUT2D eigenvalue weighted by molar-refractivity contribution is 5.32. The van der Waals surface area contributed by atoms with Gasteiger partial charge in [-0.15, -0.1) is 0 Å². The molecule has 1 fully saturated rings. The highest BCUT2D eigenvalue weighted by atomic mass is 16.3. The zero-order valence-electron chi connectivity index (χ0n) is 8.90. The summed E-state index contributed by atoms with van der Waals surface area (Å²) < 4.78 is 0. The van der Waals surface area contributed by atoms with Crippen LogP contribution in [0.25, 0.3) is 0 Å². The molecule has 1 aromatic carbocycles. The molecule has 2 rings (SSSR count). The van der Waals surface area contributed by atoms with Crippen molar-refractivity contribution in [1.82, 2.24) is 0 Å². The zero-order chi connectivity index (χ0) is 11.1. The Morgan fingerprint density at radius 3 is 2.27 bits per heavy atom. The fraction of sp³-hybridized carbons (Fsp3) is 0.500. The van der Waals surface area contributed by atoms with Crippen molar-refractivity contribution in [2.24, 2.45) is 5.73 Å². The topological polar surface area (TPSA) is 66.5 Å². The lowest BCUT2D eigenvalue weighted by Crippen LogP contribution is -2.36. The quantitative estimate of drug-likeness (QED) is 0.653. The molecule has 3 nitrogen and oxygen atoms in total. The van der Waals surface area contributed by atoms with Gasteiger partial charge in [0.2, 0.25) is 0 Å². The predicted molar refractivity (Wildman–Crippen MR) is 58.4 cm³/mol. The van der Waals surface area contributed by atoms with Crippen LogP contribution in [0, 0.1) is 0 Å². The van der Waals surface area contributed by atoms with Gasteiger partial charge in [0.15, 0.2) is 0 Å². The monoisotopic (exact) mass is 207 g/mol. The summed E-state index contributed by atoms with van der Waals surface area (Å²) in [5.41, 5.74) is 6.14. The van der Waals surface area contributed by atoms with Crippen LogP contribution in [0.3, 0.4) is 0 Å². The van der Waals surface area contributed by atoms with Gasteiger partial charge in [0.25, 0.3) is 0 Å². The number of benzene rings is 1. The van der Waals surface area contributed by atoms with Crippen molar-refractivity contribution < 1.29 is 10.2 Å². The summed E-state index contributed by atoms with van der Waals surface area (Å²) in [6.07, 6.45) is 2.08. The Morgan fingerprint density at radius 2 is 1.80 bits per heavy atom. The van der Waals surface area contributed by atoms with Crippen molar-refractivity contribution in [3.05, 3.63) is 29.8 Å². The average molecular weight is 207 g/mol. The van der Waals surface area contributed by atoms with Crippen LogP contribution in [0.4, 0.5) is 0 Å². The molecule has 0 aliphatic heterocycles. The molecule has 4 N–H and O–H groups in total. The minimum atomic E-state index is -0.660. The van der Waals surface area contributed by atoms with Crippen LogP contribution in [0.5, 0.6) is 5.75 Å². The molecule has 0 amide bonds. The Labute approximate surface area is 89.5 Å². The molecule has 82 valence electrons. The molecular formula is C12H17NO2. The number of aliphatic hydroxyl groups is 1. The van der Waals surface area contributed by atoms with E-state index in [0.717, 1.165) is 18.4 Å². The lowest BCUT2D eigenvalue weighted by Gasteiger charge is -2.26. The highest BCUT2D eigenvalue weighted by Gasteiger charge is 2.42. The van der Waals surface area contributed by atoms with Crippen molar-refractivity contribution in [3.8, 4) is 5.75 Å². The minimum Gasteiger partial charge on any atom is -0.508 e. The normalized spacial score (nSPS) is 35.7. The number of nitrogens with two attached hydrogens (primary N) is 1. The highest BCUT2D eigenvalue weighted by Crippen LogP contribution is 2.42. The van der Waals surface area contributed by atoms with Crippen molar-refractivity contribution in [1.29, 1.82) is 0 Å². The Hall–Kier alpha value is -1.06. The molecule has 1 saturated carbocycles. The Morgan fingerprint density at radius 1 is 1.20 bits per heavy atom. The second-order valence-electron chi connectivity index (χ2n) is 4.88. The number of aromatic hydroxyl groups is 1. The molecule has 0 spiro atoms. The maximum Gasteiger partial charge on any atom is 0.115 e. The van der Waals surface area contributed by atoms with E-state index in [1.54, 1.807) is 12.1 Å². The second-order valence-corrected chi connectivity index (χ2v) is 4.88. The van der Waals surface area contributed by atoms with E-state index in [2.05, 4.69) is 0 Å². The molecule has 1 aliphatic carbocycles. The summed E-state index contributed by atoms with van der Waals surface area (Å²) in [4.78, 5) is 0.